The Labute approximate surface area is 80.2 Å². The standard InChI is InChI=1S/C9H20N2O2/c1-11(2)4-6-12-5-3-10-9-7-13-8-9/h9-10H,3-8H2,1-2H3. The molecule has 13 heavy (non-hydrogen) atoms. The molecule has 0 amide bonds. The topological polar surface area (TPSA) is 33.7 Å². The smallest absolute Gasteiger partial charge is 0.0643 e. The van der Waals surface area contributed by atoms with Gasteiger partial charge in [0.1, 0.15) is 0 Å². The number of ether oxygens (including phenoxy) is 2. The number of nitrogens with zero attached hydrogens (tertiary/aromatic N) is 1. The number of nitrogens with one attached hydrogen (secondary N) is 1. The minimum absolute atomic E-state index is 0.567. The normalized spacial score (nSPS) is 17.8. The lowest BCUT2D eigenvalue weighted by molar-refractivity contribution is -0.00833. The van der Waals surface area contributed by atoms with E-state index in [1.165, 1.54) is 0 Å². The second kappa shape index (κ2) is 6.32. The molecule has 0 saturated carbocycles. The first-order valence-electron chi connectivity index (χ1n) is 4.82. The zero-order valence-corrected chi connectivity index (χ0v) is 8.58. The summed E-state index contributed by atoms with van der Waals surface area (Å²) in [5.41, 5.74) is 0. The molecular weight excluding hydrogens is 168 g/mol. The van der Waals surface area contributed by atoms with Crippen LogP contribution in [0, 0.1) is 0 Å². The molecule has 0 unspecified atom stereocenters. The van der Waals surface area contributed by atoms with Gasteiger partial charge in [-0.1, -0.05) is 0 Å². The van der Waals surface area contributed by atoms with Gasteiger partial charge >= 0.3 is 0 Å². The maximum Gasteiger partial charge on any atom is 0.0643 e. The van der Waals surface area contributed by atoms with Crippen molar-refractivity contribution in [2.45, 2.75) is 6.04 Å². The molecule has 1 saturated heterocycles. The lowest BCUT2D eigenvalue weighted by Crippen LogP contribution is -2.47. The fourth-order valence-corrected chi connectivity index (χ4v) is 1.04. The van der Waals surface area contributed by atoms with E-state index in [-0.39, 0.29) is 0 Å². The van der Waals surface area contributed by atoms with Gasteiger partial charge in [-0.2, -0.15) is 0 Å². The summed E-state index contributed by atoms with van der Waals surface area (Å²) in [6, 6.07) is 0.567. The SMILES string of the molecule is CN(C)CCOCCNC1COC1. The summed E-state index contributed by atoms with van der Waals surface area (Å²) in [5.74, 6) is 0. The summed E-state index contributed by atoms with van der Waals surface area (Å²) in [5, 5.41) is 3.34. The minimum atomic E-state index is 0.567. The number of likely N-dealkylation sites (N-methyl/N-ethyl adjacent to an activating group) is 1. The van der Waals surface area contributed by atoms with Crippen molar-refractivity contribution in [1.82, 2.24) is 10.2 Å². The Morgan fingerprint density at radius 1 is 1.38 bits per heavy atom. The number of rotatable bonds is 7. The molecule has 0 radical (unpaired) electrons. The van der Waals surface area contributed by atoms with Crippen LogP contribution in [0.4, 0.5) is 0 Å². The van der Waals surface area contributed by atoms with E-state index in [4.69, 9.17) is 9.47 Å². The van der Waals surface area contributed by atoms with Crippen LogP contribution in [-0.2, 0) is 9.47 Å². The van der Waals surface area contributed by atoms with Crippen LogP contribution in [0.25, 0.3) is 0 Å². The second-order valence-electron chi connectivity index (χ2n) is 3.60. The highest BCUT2D eigenvalue weighted by atomic mass is 16.5. The molecule has 0 aromatic heterocycles. The Kier molecular flexibility index (Phi) is 5.31. The molecule has 4 heteroatoms. The number of hydrogen-bond donors (Lipinski definition) is 1. The third-order valence-corrected chi connectivity index (χ3v) is 2.00. The Balaban J connectivity index is 1.73. The third-order valence-electron chi connectivity index (χ3n) is 2.00. The van der Waals surface area contributed by atoms with Gasteiger partial charge in [-0.25, -0.2) is 0 Å². The summed E-state index contributed by atoms with van der Waals surface area (Å²) in [7, 11) is 4.10. The second-order valence-corrected chi connectivity index (χ2v) is 3.60. The van der Waals surface area contributed by atoms with Crippen LogP contribution in [0.3, 0.4) is 0 Å². The molecular formula is C9H20N2O2. The Hall–Kier alpha value is -0.160. The van der Waals surface area contributed by atoms with Crippen molar-refractivity contribution in [3.05, 3.63) is 0 Å². The van der Waals surface area contributed by atoms with Gasteiger partial charge in [-0.15, -0.1) is 0 Å². The van der Waals surface area contributed by atoms with Crippen molar-refractivity contribution in [3.8, 4) is 0 Å². The van der Waals surface area contributed by atoms with Crippen LogP contribution < -0.4 is 5.32 Å². The molecule has 0 aromatic carbocycles. The maximum absolute atomic E-state index is 5.42. The molecule has 0 aliphatic carbocycles. The van der Waals surface area contributed by atoms with Gasteiger partial charge in [0, 0.05) is 13.1 Å². The van der Waals surface area contributed by atoms with Crippen LogP contribution in [0.1, 0.15) is 0 Å². The highest BCUT2D eigenvalue weighted by Crippen LogP contribution is 1.97. The van der Waals surface area contributed by atoms with E-state index in [0.29, 0.717) is 6.04 Å². The third kappa shape index (κ3) is 5.21. The zero-order chi connectivity index (χ0) is 9.52. The molecule has 4 nitrogen and oxygen atoms in total. The number of hydrogen-bond acceptors (Lipinski definition) is 4. The average Bonchev–Trinajstić information content (AvgIpc) is 1.99. The predicted molar refractivity (Wildman–Crippen MR) is 52.0 cm³/mol. The Morgan fingerprint density at radius 3 is 2.69 bits per heavy atom. The molecule has 1 fully saturated rings. The van der Waals surface area contributed by atoms with Crippen molar-refractivity contribution in [2.24, 2.45) is 0 Å². The molecule has 1 rings (SSSR count). The van der Waals surface area contributed by atoms with Crippen molar-refractivity contribution in [1.29, 1.82) is 0 Å². The van der Waals surface area contributed by atoms with Gasteiger partial charge in [0.25, 0.3) is 0 Å². The lowest BCUT2D eigenvalue weighted by Gasteiger charge is -2.26. The van der Waals surface area contributed by atoms with Crippen LogP contribution in [0.5, 0.6) is 0 Å². The summed E-state index contributed by atoms with van der Waals surface area (Å²) in [4.78, 5) is 2.12. The summed E-state index contributed by atoms with van der Waals surface area (Å²) in [6.07, 6.45) is 0. The van der Waals surface area contributed by atoms with Crippen LogP contribution in [0.2, 0.25) is 0 Å². The molecule has 1 aliphatic heterocycles. The minimum Gasteiger partial charge on any atom is -0.379 e. The van der Waals surface area contributed by atoms with Crippen molar-refractivity contribution < 1.29 is 9.47 Å². The highest BCUT2D eigenvalue weighted by molar-refractivity contribution is 4.72. The summed E-state index contributed by atoms with van der Waals surface area (Å²) < 4.78 is 10.5. The largest absolute Gasteiger partial charge is 0.379 e. The van der Waals surface area contributed by atoms with E-state index in [9.17, 15) is 0 Å². The molecule has 0 aromatic rings. The Bertz CT molecular complexity index is 127. The van der Waals surface area contributed by atoms with E-state index in [0.717, 1.165) is 39.5 Å². The van der Waals surface area contributed by atoms with Crippen molar-refractivity contribution in [2.75, 3.05) is 53.6 Å². The first-order valence-corrected chi connectivity index (χ1v) is 4.82. The fraction of sp³-hybridized carbons (Fsp3) is 1.00. The van der Waals surface area contributed by atoms with E-state index in [1.54, 1.807) is 0 Å². The first-order chi connectivity index (χ1) is 6.29. The molecule has 0 bridgehead atoms. The van der Waals surface area contributed by atoms with Crippen LogP contribution in [0.15, 0.2) is 0 Å². The van der Waals surface area contributed by atoms with Crippen molar-refractivity contribution >= 4 is 0 Å². The summed E-state index contributed by atoms with van der Waals surface area (Å²) in [6.45, 7) is 5.25. The monoisotopic (exact) mass is 188 g/mol. The average molecular weight is 188 g/mol. The van der Waals surface area contributed by atoms with Gasteiger partial charge in [0.15, 0.2) is 0 Å². The van der Waals surface area contributed by atoms with Gasteiger partial charge in [0.05, 0.1) is 32.5 Å². The first kappa shape index (κ1) is 10.9. The van der Waals surface area contributed by atoms with E-state index in [2.05, 4.69) is 10.2 Å². The molecule has 0 atom stereocenters. The van der Waals surface area contributed by atoms with E-state index < -0.39 is 0 Å². The predicted octanol–water partition coefficient (Wildman–Crippen LogP) is -0.447. The van der Waals surface area contributed by atoms with Crippen LogP contribution >= 0.6 is 0 Å². The lowest BCUT2D eigenvalue weighted by atomic mass is 10.2. The molecule has 1 N–H and O–H groups in total. The molecule has 1 aliphatic rings. The van der Waals surface area contributed by atoms with Crippen LogP contribution in [-0.4, -0.2) is 64.6 Å². The molecule has 0 spiro atoms. The molecule has 78 valence electrons. The maximum atomic E-state index is 5.42. The Morgan fingerprint density at radius 2 is 2.15 bits per heavy atom. The zero-order valence-electron chi connectivity index (χ0n) is 8.58. The van der Waals surface area contributed by atoms with Gasteiger partial charge in [-0.05, 0) is 14.1 Å². The fourth-order valence-electron chi connectivity index (χ4n) is 1.04. The molecule has 1 heterocycles. The highest BCUT2D eigenvalue weighted by Gasteiger charge is 2.16. The van der Waals surface area contributed by atoms with Gasteiger partial charge in [0.2, 0.25) is 0 Å². The van der Waals surface area contributed by atoms with Crippen molar-refractivity contribution in [3.63, 3.8) is 0 Å². The summed E-state index contributed by atoms with van der Waals surface area (Å²) >= 11 is 0. The van der Waals surface area contributed by atoms with E-state index >= 15 is 0 Å². The quantitative estimate of drug-likeness (QED) is 0.549. The van der Waals surface area contributed by atoms with Gasteiger partial charge < -0.3 is 19.7 Å². The van der Waals surface area contributed by atoms with Gasteiger partial charge in [-0.3, -0.25) is 0 Å². The van der Waals surface area contributed by atoms with E-state index in [1.807, 2.05) is 14.1 Å².